The van der Waals surface area contributed by atoms with E-state index in [-0.39, 0.29) is 0 Å². The van der Waals surface area contributed by atoms with Crippen molar-refractivity contribution in [1.82, 2.24) is 25.3 Å². The predicted molar refractivity (Wildman–Crippen MR) is 105 cm³/mol. The van der Waals surface area contributed by atoms with Crippen molar-refractivity contribution >= 4 is 5.96 Å². The molecule has 1 aliphatic rings. The summed E-state index contributed by atoms with van der Waals surface area (Å²) < 4.78 is 1.96. The molecule has 142 valence electrons. The number of nitrogens with one attached hydrogen (secondary N) is 2. The minimum Gasteiger partial charge on any atom is -0.357 e. The third kappa shape index (κ3) is 8.38. The molecule has 0 saturated carbocycles. The van der Waals surface area contributed by atoms with E-state index in [4.69, 9.17) is 0 Å². The molecular formula is C19H36N6. The van der Waals surface area contributed by atoms with Crippen molar-refractivity contribution < 1.29 is 0 Å². The van der Waals surface area contributed by atoms with Crippen molar-refractivity contribution in [2.45, 2.75) is 52.5 Å². The molecule has 6 heteroatoms. The molecule has 0 atom stereocenters. The van der Waals surface area contributed by atoms with E-state index in [0.717, 1.165) is 44.5 Å². The summed E-state index contributed by atoms with van der Waals surface area (Å²) in [5, 5.41) is 11.0. The van der Waals surface area contributed by atoms with Gasteiger partial charge in [0.2, 0.25) is 0 Å². The Bertz CT molecular complexity index is 462. The number of guanidine groups is 1. The van der Waals surface area contributed by atoms with Crippen LogP contribution in [0.2, 0.25) is 0 Å². The summed E-state index contributed by atoms with van der Waals surface area (Å²) in [6.07, 6.45) is 10.0. The first-order valence-electron chi connectivity index (χ1n) is 10.00. The monoisotopic (exact) mass is 348 g/mol. The van der Waals surface area contributed by atoms with Gasteiger partial charge in [0, 0.05) is 38.6 Å². The average molecular weight is 349 g/mol. The molecular weight excluding hydrogens is 312 g/mol. The molecule has 2 heterocycles. The van der Waals surface area contributed by atoms with E-state index in [9.17, 15) is 0 Å². The van der Waals surface area contributed by atoms with Gasteiger partial charge in [-0.3, -0.25) is 9.67 Å². The number of piperidine rings is 1. The standard InChI is InChI=1S/C19H36N6/c1-3-20-19(22-11-6-14-25-15-7-12-23-25)21-10-4-5-13-24-16-8-18(2)9-17-24/h7,12,15,18H,3-6,8-11,13-14,16-17H2,1-2H3,(H2,20,21,22). The second-order valence-corrected chi connectivity index (χ2v) is 7.04. The number of hydrogen-bond acceptors (Lipinski definition) is 3. The van der Waals surface area contributed by atoms with E-state index < -0.39 is 0 Å². The van der Waals surface area contributed by atoms with Crippen LogP contribution in [0, 0.1) is 5.92 Å². The van der Waals surface area contributed by atoms with Crippen LogP contribution in [-0.4, -0.2) is 59.9 Å². The van der Waals surface area contributed by atoms with Crippen molar-refractivity contribution in [3.63, 3.8) is 0 Å². The van der Waals surface area contributed by atoms with Gasteiger partial charge < -0.3 is 15.5 Å². The first-order valence-corrected chi connectivity index (χ1v) is 10.00. The quantitative estimate of drug-likeness (QED) is 0.387. The van der Waals surface area contributed by atoms with Crippen LogP contribution < -0.4 is 10.6 Å². The van der Waals surface area contributed by atoms with Gasteiger partial charge in [-0.1, -0.05) is 6.92 Å². The maximum absolute atomic E-state index is 4.65. The Balaban J connectivity index is 1.54. The summed E-state index contributed by atoms with van der Waals surface area (Å²) in [7, 11) is 0. The summed E-state index contributed by atoms with van der Waals surface area (Å²) in [5.74, 6) is 1.86. The van der Waals surface area contributed by atoms with Gasteiger partial charge in [0.1, 0.15) is 0 Å². The van der Waals surface area contributed by atoms with Crippen LogP contribution in [0.15, 0.2) is 23.5 Å². The van der Waals surface area contributed by atoms with E-state index in [1.165, 1.54) is 45.3 Å². The number of unbranched alkanes of at least 4 members (excludes halogenated alkanes) is 1. The van der Waals surface area contributed by atoms with Crippen molar-refractivity contribution in [3.8, 4) is 0 Å². The van der Waals surface area contributed by atoms with E-state index >= 15 is 0 Å². The van der Waals surface area contributed by atoms with Crippen molar-refractivity contribution in [2.75, 3.05) is 39.3 Å². The number of rotatable bonds is 10. The maximum Gasteiger partial charge on any atom is 0.191 e. The molecule has 6 nitrogen and oxygen atoms in total. The lowest BCUT2D eigenvalue weighted by molar-refractivity contribution is 0.189. The topological polar surface area (TPSA) is 57.5 Å². The molecule has 1 aliphatic heterocycles. The second-order valence-electron chi connectivity index (χ2n) is 7.04. The van der Waals surface area contributed by atoms with Gasteiger partial charge in [-0.05, 0) is 70.6 Å². The SMILES string of the molecule is CCNC(=NCCCn1cccn1)NCCCCN1CCC(C)CC1. The molecule has 0 amide bonds. The highest BCUT2D eigenvalue weighted by Crippen LogP contribution is 2.15. The summed E-state index contributed by atoms with van der Waals surface area (Å²) in [5.41, 5.74) is 0. The second kappa shape index (κ2) is 11.9. The van der Waals surface area contributed by atoms with Crippen LogP contribution in [0.4, 0.5) is 0 Å². The van der Waals surface area contributed by atoms with Crippen LogP contribution in [0.25, 0.3) is 0 Å². The van der Waals surface area contributed by atoms with E-state index in [0.29, 0.717) is 0 Å². The lowest BCUT2D eigenvalue weighted by Crippen LogP contribution is -2.38. The molecule has 2 rings (SSSR count). The fourth-order valence-corrected chi connectivity index (χ4v) is 3.15. The molecule has 1 aromatic heterocycles. The Morgan fingerprint density at radius 1 is 1.16 bits per heavy atom. The Hall–Kier alpha value is -1.56. The molecule has 0 radical (unpaired) electrons. The normalized spacial score (nSPS) is 17.0. The van der Waals surface area contributed by atoms with Gasteiger partial charge in [-0.25, -0.2) is 0 Å². The third-order valence-electron chi connectivity index (χ3n) is 4.79. The highest BCUT2D eigenvalue weighted by molar-refractivity contribution is 5.79. The highest BCUT2D eigenvalue weighted by atomic mass is 15.3. The summed E-state index contributed by atoms with van der Waals surface area (Å²) in [4.78, 5) is 7.27. The Morgan fingerprint density at radius 2 is 2.00 bits per heavy atom. The molecule has 0 bridgehead atoms. The van der Waals surface area contributed by atoms with Gasteiger partial charge in [0.05, 0.1) is 0 Å². The molecule has 0 aliphatic carbocycles. The zero-order valence-corrected chi connectivity index (χ0v) is 16.1. The van der Waals surface area contributed by atoms with Crippen molar-refractivity contribution in [1.29, 1.82) is 0 Å². The highest BCUT2D eigenvalue weighted by Gasteiger charge is 2.14. The third-order valence-corrected chi connectivity index (χ3v) is 4.79. The number of aryl methyl sites for hydroxylation is 1. The van der Waals surface area contributed by atoms with Gasteiger partial charge in [0.25, 0.3) is 0 Å². The minimum absolute atomic E-state index is 0.821. The van der Waals surface area contributed by atoms with Crippen LogP contribution in [0.5, 0.6) is 0 Å². The van der Waals surface area contributed by atoms with Gasteiger partial charge in [0.15, 0.2) is 5.96 Å². The van der Waals surface area contributed by atoms with Gasteiger partial charge in [-0.15, -0.1) is 0 Å². The molecule has 1 aromatic rings. The largest absolute Gasteiger partial charge is 0.357 e. The molecule has 25 heavy (non-hydrogen) atoms. The van der Waals surface area contributed by atoms with E-state index in [1.54, 1.807) is 0 Å². The Morgan fingerprint density at radius 3 is 2.72 bits per heavy atom. The van der Waals surface area contributed by atoms with E-state index in [1.807, 2.05) is 23.1 Å². The molecule has 0 unspecified atom stereocenters. The van der Waals surface area contributed by atoms with Crippen LogP contribution in [0.1, 0.15) is 46.0 Å². The fraction of sp³-hybridized carbons (Fsp3) is 0.789. The smallest absolute Gasteiger partial charge is 0.191 e. The zero-order valence-electron chi connectivity index (χ0n) is 16.1. The van der Waals surface area contributed by atoms with Crippen molar-refractivity contribution in [3.05, 3.63) is 18.5 Å². The van der Waals surface area contributed by atoms with Crippen molar-refractivity contribution in [2.24, 2.45) is 10.9 Å². The number of nitrogens with zero attached hydrogens (tertiary/aromatic N) is 4. The molecule has 2 N–H and O–H groups in total. The molecule has 0 aromatic carbocycles. The number of likely N-dealkylation sites (tertiary alicyclic amines) is 1. The maximum atomic E-state index is 4.65. The van der Waals surface area contributed by atoms with Crippen LogP contribution >= 0.6 is 0 Å². The van der Waals surface area contributed by atoms with Gasteiger partial charge >= 0.3 is 0 Å². The lowest BCUT2D eigenvalue weighted by Gasteiger charge is -2.30. The molecule has 1 fully saturated rings. The first kappa shape index (κ1) is 19.8. The average Bonchev–Trinajstić information content (AvgIpc) is 3.13. The molecule has 0 spiro atoms. The Labute approximate surface area is 153 Å². The predicted octanol–water partition coefficient (Wildman–Crippen LogP) is 2.34. The zero-order chi connectivity index (χ0) is 17.7. The fourth-order valence-electron chi connectivity index (χ4n) is 3.15. The number of aromatic nitrogens is 2. The van der Waals surface area contributed by atoms with Gasteiger partial charge in [-0.2, -0.15) is 5.10 Å². The summed E-state index contributed by atoms with van der Waals surface area (Å²) >= 11 is 0. The van der Waals surface area contributed by atoms with Crippen LogP contribution in [0.3, 0.4) is 0 Å². The molecule has 1 saturated heterocycles. The first-order chi connectivity index (χ1) is 12.3. The number of aliphatic imine (C=N–C) groups is 1. The number of hydrogen-bond donors (Lipinski definition) is 2. The minimum atomic E-state index is 0.821. The van der Waals surface area contributed by atoms with E-state index in [2.05, 4.69) is 39.5 Å². The van der Waals surface area contributed by atoms with Crippen LogP contribution in [-0.2, 0) is 6.54 Å². The lowest BCUT2D eigenvalue weighted by atomic mass is 9.99. The Kier molecular flexibility index (Phi) is 9.41. The summed E-state index contributed by atoms with van der Waals surface area (Å²) in [6, 6.07) is 1.96. The summed E-state index contributed by atoms with van der Waals surface area (Å²) in [6.45, 7) is 11.9.